The van der Waals surface area contributed by atoms with Crippen molar-refractivity contribution in [2.75, 3.05) is 37.7 Å². The monoisotopic (exact) mass is 433 g/mol. The molecule has 0 aromatic heterocycles. The number of carbonyl (C=O) groups excluding carboxylic acids is 2. The van der Waals surface area contributed by atoms with Gasteiger partial charge >= 0.3 is 6.09 Å². The molecule has 3 saturated heterocycles. The zero-order chi connectivity index (χ0) is 22.0. The van der Waals surface area contributed by atoms with Crippen LogP contribution in [0.3, 0.4) is 0 Å². The Morgan fingerprint density at radius 3 is 2.74 bits per heavy atom. The maximum Gasteiger partial charge on any atom is 0.412 e. The topological polar surface area (TPSA) is 71.1 Å². The molecule has 0 saturated carbocycles. The van der Waals surface area contributed by atoms with Crippen molar-refractivity contribution < 1.29 is 23.5 Å². The number of carbonyl (C=O) groups is 2. The van der Waals surface area contributed by atoms with Gasteiger partial charge in [0.25, 0.3) is 0 Å². The summed E-state index contributed by atoms with van der Waals surface area (Å²) in [6.45, 7) is 7.07. The fourth-order valence-electron chi connectivity index (χ4n) is 5.09. The van der Waals surface area contributed by atoms with Gasteiger partial charge in [-0.2, -0.15) is 0 Å². The van der Waals surface area contributed by atoms with Gasteiger partial charge in [0.1, 0.15) is 11.6 Å². The Labute approximate surface area is 182 Å². The maximum atomic E-state index is 14.9. The lowest BCUT2D eigenvalue weighted by Crippen LogP contribution is -2.50. The second kappa shape index (κ2) is 9.02. The molecule has 1 aromatic rings. The summed E-state index contributed by atoms with van der Waals surface area (Å²) in [6.07, 6.45) is 3.70. The number of nitrogens with zero attached hydrogens (tertiary/aromatic N) is 2. The van der Waals surface area contributed by atoms with Gasteiger partial charge in [-0.25, -0.2) is 9.18 Å². The van der Waals surface area contributed by atoms with Crippen molar-refractivity contribution in [1.29, 1.82) is 0 Å². The maximum absolute atomic E-state index is 14.9. The van der Waals surface area contributed by atoms with E-state index in [1.165, 1.54) is 6.07 Å². The summed E-state index contributed by atoms with van der Waals surface area (Å²) in [7, 11) is 0. The lowest BCUT2D eigenvalue weighted by Gasteiger charge is -2.41. The lowest BCUT2D eigenvalue weighted by molar-refractivity contribution is -0.139. The lowest BCUT2D eigenvalue weighted by atomic mass is 9.78. The molecule has 1 N–H and O–H groups in total. The summed E-state index contributed by atoms with van der Waals surface area (Å²) in [4.78, 5) is 29.2. The van der Waals surface area contributed by atoms with Crippen LogP contribution in [0.15, 0.2) is 18.2 Å². The fraction of sp³-hybridized carbons (Fsp3) is 0.652. The summed E-state index contributed by atoms with van der Waals surface area (Å²) in [6, 6.07) is 4.68. The van der Waals surface area contributed by atoms with Gasteiger partial charge in [0.2, 0.25) is 5.91 Å². The molecule has 2 amide bonds. The van der Waals surface area contributed by atoms with Gasteiger partial charge in [0, 0.05) is 51.0 Å². The normalized spacial score (nSPS) is 24.8. The summed E-state index contributed by atoms with van der Waals surface area (Å²) < 4.78 is 25.5. The van der Waals surface area contributed by atoms with Crippen molar-refractivity contribution in [2.24, 2.45) is 5.41 Å². The van der Waals surface area contributed by atoms with Crippen molar-refractivity contribution in [1.82, 2.24) is 10.2 Å². The third kappa shape index (κ3) is 4.63. The van der Waals surface area contributed by atoms with Crippen LogP contribution < -0.4 is 15.0 Å². The number of anilines is 1. The second-order valence-electron chi connectivity index (χ2n) is 9.20. The first-order valence-corrected chi connectivity index (χ1v) is 11.3. The van der Waals surface area contributed by atoms with Gasteiger partial charge in [-0.3, -0.25) is 4.79 Å². The van der Waals surface area contributed by atoms with Crippen LogP contribution in [0.25, 0.3) is 0 Å². The van der Waals surface area contributed by atoms with E-state index in [-0.39, 0.29) is 23.7 Å². The van der Waals surface area contributed by atoms with E-state index in [0.717, 1.165) is 38.6 Å². The van der Waals surface area contributed by atoms with Crippen molar-refractivity contribution in [2.45, 2.75) is 58.0 Å². The Balaban J connectivity index is 1.45. The second-order valence-corrected chi connectivity index (χ2v) is 9.20. The van der Waals surface area contributed by atoms with Crippen LogP contribution >= 0.6 is 0 Å². The molecule has 8 heteroatoms. The quantitative estimate of drug-likeness (QED) is 0.789. The first-order chi connectivity index (χ1) is 14.9. The molecule has 0 bridgehead atoms. The van der Waals surface area contributed by atoms with Crippen molar-refractivity contribution in [3.63, 3.8) is 0 Å². The third-order valence-electron chi connectivity index (χ3n) is 6.63. The first kappa shape index (κ1) is 21.9. The largest absolute Gasteiger partial charge is 0.412 e. The molecule has 1 atom stereocenters. The van der Waals surface area contributed by atoms with E-state index in [9.17, 15) is 14.0 Å². The predicted octanol–water partition coefficient (Wildman–Crippen LogP) is 3.32. The molecule has 3 fully saturated rings. The number of benzene rings is 1. The Hall–Kier alpha value is -2.35. The van der Waals surface area contributed by atoms with E-state index in [4.69, 9.17) is 9.47 Å². The average Bonchev–Trinajstić information content (AvgIpc) is 3.03. The van der Waals surface area contributed by atoms with Crippen LogP contribution in [0.4, 0.5) is 14.9 Å². The summed E-state index contributed by atoms with van der Waals surface area (Å²) in [5, 5.41) is 2.61. The van der Waals surface area contributed by atoms with E-state index in [1.54, 1.807) is 12.1 Å². The molecule has 0 aliphatic carbocycles. The highest BCUT2D eigenvalue weighted by Crippen LogP contribution is 2.43. The minimum absolute atomic E-state index is 0.0641. The number of likely N-dealkylation sites (tertiary alicyclic amines) is 1. The van der Waals surface area contributed by atoms with Crippen LogP contribution in [0, 0.1) is 11.2 Å². The molecular formula is C23H32FN3O4. The molecule has 0 unspecified atom stereocenters. The molecule has 1 spiro atoms. The highest BCUT2D eigenvalue weighted by molar-refractivity contribution is 5.86. The molecule has 170 valence electrons. The Kier molecular flexibility index (Phi) is 6.36. The number of piperidine rings is 1. The minimum atomic E-state index is -0.608. The number of ether oxygens (including phenoxy) is 2. The van der Waals surface area contributed by atoms with Gasteiger partial charge in [-0.05, 0) is 58.1 Å². The number of hydrogen-bond acceptors (Lipinski definition) is 5. The number of nitrogens with one attached hydrogen (secondary N) is 1. The average molecular weight is 434 g/mol. The molecule has 4 rings (SSSR count). The van der Waals surface area contributed by atoms with Crippen LogP contribution in [-0.4, -0.2) is 61.8 Å². The Bertz CT molecular complexity index is 827. The first-order valence-electron chi connectivity index (χ1n) is 11.3. The van der Waals surface area contributed by atoms with Crippen LogP contribution in [-0.2, 0) is 9.53 Å². The molecule has 3 aliphatic rings. The molecule has 3 aliphatic heterocycles. The van der Waals surface area contributed by atoms with Gasteiger partial charge in [-0.1, -0.05) is 0 Å². The summed E-state index contributed by atoms with van der Waals surface area (Å²) >= 11 is 0. The summed E-state index contributed by atoms with van der Waals surface area (Å²) in [5.74, 6) is -0.0674. The van der Waals surface area contributed by atoms with Crippen LogP contribution in [0.2, 0.25) is 0 Å². The Morgan fingerprint density at radius 2 is 2.03 bits per heavy atom. The number of rotatable bonds is 4. The molecule has 7 nitrogen and oxygen atoms in total. The fourth-order valence-corrected chi connectivity index (χ4v) is 5.09. The highest BCUT2D eigenvalue weighted by Gasteiger charge is 2.50. The minimum Gasteiger partial charge on any atom is -0.410 e. The predicted molar refractivity (Wildman–Crippen MR) is 115 cm³/mol. The van der Waals surface area contributed by atoms with Crippen molar-refractivity contribution in [3.8, 4) is 5.75 Å². The van der Waals surface area contributed by atoms with E-state index in [1.807, 2.05) is 23.6 Å². The van der Waals surface area contributed by atoms with E-state index >= 15 is 0 Å². The zero-order valence-corrected chi connectivity index (χ0v) is 18.4. The van der Waals surface area contributed by atoms with Gasteiger partial charge in [0.05, 0.1) is 11.1 Å². The standard InChI is InChI=1S/C23H32FN3O4/c1-16(2)25-22(29)31-18-4-5-20(19(24)14-18)26-10-3-8-23(15-26)9-11-27(21(23)28)17-6-12-30-13-7-17/h4-5,14,16-17H,3,6-13,15H2,1-2H3,(H,25,29)/t23-/m1/s1. The number of halogens is 1. The molecule has 31 heavy (non-hydrogen) atoms. The zero-order valence-electron chi connectivity index (χ0n) is 18.4. The van der Waals surface area contributed by atoms with Gasteiger partial charge < -0.3 is 24.6 Å². The van der Waals surface area contributed by atoms with E-state index in [0.29, 0.717) is 32.0 Å². The van der Waals surface area contributed by atoms with Gasteiger partial charge in [0.15, 0.2) is 0 Å². The molecular weight excluding hydrogens is 401 g/mol. The van der Waals surface area contributed by atoms with Crippen molar-refractivity contribution >= 4 is 17.7 Å². The summed E-state index contributed by atoms with van der Waals surface area (Å²) in [5.41, 5.74) is 0.0167. The molecule has 0 radical (unpaired) electrons. The third-order valence-corrected chi connectivity index (χ3v) is 6.63. The molecule has 3 heterocycles. The van der Waals surface area contributed by atoms with E-state index < -0.39 is 17.3 Å². The number of amides is 2. The highest BCUT2D eigenvalue weighted by atomic mass is 19.1. The Morgan fingerprint density at radius 1 is 1.26 bits per heavy atom. The van der Waals surface area contributed by atoms with Crippen LogP contribution in [0.1, 0.15) is 46.0 Å². The number of hydrogen-bond donors (Lipinski definition) is 1. The molecule has 1 aromatic carbocycles. The van der Waals surface area contributed by atoms with E-state index in [2.05, 4.69) is 5.32 Å². The van der Waals surface area contributed by atoms with Crippen LogP contribution in [0.5, 0.6) is 5.75 Å². The van der Waals surface area contributed by atoms with Gasteiger partial charge in [-0.15, -0.1) is 0 Å². The van der Waals surface area contributed by atoms with Crippen molar-refractivity contribution in [3.05, 3.63) is 24.0 Å². The SMILES string of the molecule is CC(C)NC(=O)Oc1ccc(N2CCC[C@@]3(CCN(C4CCOCC4)C3=O)C2)c(F)c1. The smallest absolute Gasteiger partial charge is 0.410 e.